The smallest absolute Gasteiger partial charge is 0.406 e. The van der Waals surface area contributed by atoms with Gasteiger partial charge in [0.25, 0.3) is 0 Å². The van der Waals surface area contributed by atoms with Gasteiger partial charge in [-0.25, -0.2) is 4.79 Å². The zero-order valence-electron chi connectivity index (χ0n) is 8.03. The van der Waals surface area contributed by atoms with E-state index in [-0.39, 0.29) is 0 Å². The van der Waals surface area contributed by atoms with Gasteiger partial charge in [-0.1, -0.05) is 18.2 Å². The lowest BCUT2D eigenvalue weighted by Gasteiger charge is -2.06. The fourth-order valence-corrected chi connectivity index (χ4v) is 0.911. The Morgan fingerprint density at radius 1 is 1.36 bits per heavy atom. The number of amides is 1. The largest absolute Gasteiger partial charge is 0.492 e. The van der Waals surface area contributed by atoms with Gasteiger partial charge in [0, 0.05) is 0 Å². The summed E-state index contributed by atoms with van der Waals surface area (Å²) in [6.45, 7) is 0.862. The van der Waals surface area contributed by atoms with Crippen LogP contribution in [-0.4, -0.2) is 26.4 Å². The second kappa shape index (κ2) is 5.85. The maximum absolute atomic E-state index is 10.6. The minimum Gasteiger partial charge on any atom is -0.492 e. The van der Waals surface area contributed by atoms with Crippen LogP contribution in [0.1, 0.15) is 0 Å². The molecule has 0 unspecified atom stereocenters. The number of para-hydroxylation sites is 1. The van der Waals surface area contributed by atoms with Gasteiger partial charge in [0.2, 0.25) is 0 Å². The van der Waals surface area contributed by atoms with E-state index in [2.05, 4.69) is 10.1 Å². The lowest BCUT2D eigenvalue weighted by atomic mass is 10.3. The van der Waals surface area contributed by atoms with Crippen molar-refractivity contribution < 1.29 is 14.3 Å². The quantitative estimate of drug-likeness (QED) is 0.739. The summed E-state index contributed by atoms with van der Waals surface area (Å²) < 4.78 is 9.73. The van der Waals surface area contributed by atoms with Crippen molar-refractivity contribution in [2.75, 3.05) is 20.3 Å². The third-order valence-electron chi connectivity index (χ3n) is 1.57. The summed E-state index contributed by atoms with van der Waals surface area (Å²) in [5.74, 6) is 0.791. The van der Waals surface area contributed by atoms with Crippen molar-refractivity contribution >= 4 is 6.09 Å². The molecule has 4 heteroatoms. The number of carbonyl (C=O) groups is 1. The molecule has 1 aromatic rings. The van der Waals surface area contributed by atoms with E-state index in [1.165, 1.54) is 7.11 Å². The Morgan fingerprint density at radius 2 is 2.07 bits per heavy atom. The number of hydrogen-bond acceptors (Lipinski definition) is 3. The van der Waals surface area contributed by atoms with Crippen LogP contribution in [0.4, 0.5) is 4.79 Å². The molecule has 1 aromatic carbocycles. The van der Waals surface area contributed by atoms with E-state index in [1.807, 2.05) is 30.3 Å². The molecule has 4 nitrogen and oxygen atoms in total. The van der Waals surface area contributed by atoms with Crippen molar-refractivity contribution in [3.8, 4) is 5.75 Å². The molecule has 0 spiro atoms. The summed E-state index contributed by atoms with van der Waals surface area (Å²) in [6.07, 6.45) is -0.443. The highest BCUT2D eigenvalue weighted by Gasteiger charge is 1.96. The minimum atomic E-state index is -0.443. The van der Waals surface area contributed by atoms with Gasteiger partial charge < -0.3 is 14.8 Å². The summed E-state index contributed by atoms with van der Waals surface area (Å²) in [5, 5.41) is 2.52. The Morgan fingerprint density at radius 3 is 2.71 bits per heavy atom. The second-order valence-electron chi connectivity index (χ2n) is 2.58. The van der Waals surface area contributed by atoms with E-state index in [9.17, 15) is 4.79 Å². The fourth-order valence-electron chi connectivity index (χ4n) is 0.911. The molecular formula is C10H13NO3. The number of benzene rings is 1. The standard InChI is InChI=1S/C10H13NO3/c1-13-10(12)11-7-8-14-9-5-3-2-4-6-9/h2-6H,7-8H2,1H3,(H,11,12). The third-order valence-corrected chi connectivity index (χ3v) is 1.57. The van der Waals surface area contributed by atoms with E-state index < -0.39 is 6.09 Å². The highest BCUT2D eigenvalue weighted by atomic mass is 16.5. The van der Waals surface area contributed by atoms with Crippen LogP contribution in [0, 0.1) is 0 Å². The highest BCUT2D eigenvalue weighted by Crippen LogP contribution is 2.07. The fraction of sp³-hybridized carbons (Fsp3) is 0.300. The molecule has 76 valence electrons. The van der Waals surface area contributed by atoms with Crippen molar-refractivity contribution in [1.82, 2.24) is 5.32 Å². The van der Waals surface area contributed by atoms with Crippen molar-refractivity contribution in [2.24, 2.45) is 0 Å². The number of alkyl carbamates (subject to hydrolysis) is 1. The SMILES string of the molecule is COC(=O)NCCOc1ccccc1. The monoisotopic (exact) mass is 195 g/mol. The first-order valence-corrected chi connectivity index (χ1v) is 4.32. The predicted octanol–water partition coefficient (Wildman–Crippen LogP) is 1.42. The lowest BCUT2D eigenvalue weighted by Crippen LogP contribution is -2.27. The van der Waals surface area contributed by atoms with Gasteiger partial charge in [-0.3, -0.25) is 0 Å². The molecule has 1 amide bonds. The van der Waals surface area contributed by atoms with Gasteiger partial charge in [-0.05, 0) is 12.1 Å². The first-order chi connectivity index (χ1) is 6.83. The van der Waals surface area contributed by atoms with Gasteiger partial charge >= 0.3 is 6.09 Å². The van der Waals surface area contributed by atoms with Crippen LogP contribution in [-0.2, 0) is 4.74 Å². The highest BCUT2D eigenvalue weighted by molar-refractivity contribution is 5.66. The average molecular weight is 195 g/mol. The van der Waals surface area contributed by atoms with Crippen LogP contribution < -0.4 is 10.1 Å². The Hall–Kier alpha value is -1.71. The topological polar surface area (TPSA) is 47.6 Å². The third kappa shape index (κ3) is 3.80. The number of ether oxygens (including phenoxy) is 2. The van der Waals surface area contributed by atoms with Crippen LogP contribution in [0.2, 0.25) is 0 Å². The van der Waals surface area contributed by atoms with Crippen LogP contribution in [0.5, 0.6) is 5.75 Å². The maximum atomic E-state index is 10.6. The van der Waals surface area contributed by atoms with Crippen molar-refractivity contribution in [1.29, 1.82) is 0 Å². The zero-order valence-corrected chi connectivity index (χ0v) is 8.03. The van der Waals surface area contributed by atoms with Crippen molar-refractivity contribution in [2.45, 2.75) is 0 Å². The predicted molar refractivity (Wildman–Crippen MR) is 52.3 cm³/mol. The van der Waals surface area contributed by atoms with E-state index in [4.69, 9.17) is 4.74 Å². The zero-order chi connectivity index (χ0) is 10.2. The molecular weight excluding hydrogens is 182 g/mol. The average Bonchev–Trinajstić information content (AvgIpc) is 2.25. The summed E-state index contributed by atoms with van der Waals surface area (Å²) in [7, 11) is 1.33. The molecule has 0 aliphatic rings. The number of nitrogens with one attached hydrogen (secondary N) is 1. The van der Waals surface area contributed by atoms with E-state index in [0.717, 1.165) is 5.75 Å². The van der Waals surface area contributed by atoms with Crippen LogP contribution >= 0.6 is 0 Å². The van der Waals surface area contributed by atoms with Crippen molar-refractivity contribution in [3.05, 3.63) is 30.3 Å². The van der Waals surface area contributed by atoms with Crippen LogP contribution in [0.3, 0.4) is 0 Å². The molecule has 0 aliphatic heterocycles. The van der Waals surface area contributed by atoms with Gasteiger partial charge in [-0.15, -0.1) is 0 Å². The molecule has 14 heavy (non-hydrogen) atoms. The van der Waals surface area contributed by atoms with E-state index >= 15 is 0 Å². The maximum Gasteiger partial charge on any atom is 0.406 e. The summed E-state index contributed by atoms with van der Waals surface area (Å²) in [6, 6.07) is 9.42. The van der Waals surface area contributed by atoms with E-state index in [1.54, 1.807) is 0 Å². The van der Waals surface area contributed by atoms with Crippen molar-refractivity contribution in [3.63, 3.8) is 0 Å². The number of carbonyl (C=O) groups excluding carboxylic acids is 1. The second-order valence-corrected chi connectivity index (χ2v) is 2.58. The molecule has 0 heterocycles. The molecule has 0 radical (unpaired) electrons. The number of rotatable bonds is 4. The summed E-state index contributed by atoms with van der Waals surface area (Å²) >= 11 is 0. The molecule has 0 saturated carbocycles. The number of methoxy groups -OCH3 is 1. The van der Waals surface area contributed by atoms with E-state index in [0.29, 0.717) is 13.2 Å². The van der Waals surface area contributed by atoms with Gasteiger partial charge in [0.15, 0.2) is 0 Å². The summed E-state index contributed by atoms with van der Waals surface area (Å²) in [4.78, 5) is 10.6. The molecule has 0 aliphatic carbocycles. The molecule has 1 N–H and O–H groups in total. The van der Waals surface area contributed by atoms with Crippen LogP contribution in [0.15, 0.2) is 30.3 Å². The normalized spacial score (nSPS) is 9.21. The Labute approximate surface area is 82.8 Å². The Kier molecular flexibility index (Phi) is 4.34. The molecule has 0 saturated heterocycles. The Bertz CT molecular complexity index is 274. The lowest BCUT2D eigenvalue weighted by molar-refractivity contribution is 0.168. The minimum absolute atomic E-state index is 0.430. The molecule has 0 fully saturated rings. The van der Waals surface area contributed by atoms with Gasteiger partial charge in [0.1, 0.15) is 12.4 Å². The first kappa shape index (κ1) is 10.4. The molecule has 1 rings (SSSR count). The van der Waals surface area contributed by atoms with Gasteiger partial charge in [0.05, 0.1) is 13.7 Å². The molecule has 0 aromatic heterocycles. The molecule has 0 atom stereocenters. The van der Waals surface area contributed by atoms with Gasteiger partial charge in [-0.2, -0.15) is 0 Å². The Balaban J connectivity index is 2.13. The van der Waals surface area contributed by atoms with Crippen LogP contribution in [0.25, 0.3) is 0 Å². The summed E-state index contributed by atoms with van der Waals surface area (Å²) in [5.41, 5.74) is 0. The molecule has 0 bridgehead atoms. The first-order valence-electron chi connectivity index (χ1n) is 4.32. The number of hydrogen-bond donors (Lipinski definition) is 1.